The first kappa shape index (κ1) is 15.9. The minimum atomic E-state index is 0.355. The summed E-state index contributed by atoms with van der Waals surface area (Å²) in [6.45, 7) is 5.33. The highest BCUT2D eigenvalue weighted by Crippen LogP contribution is 2.65. The third-order valence-electron chi connectivity index (χ3n) is 8.31. The monoisotopic (exact) mass is 316 g/mol. The van der Waals surface area contributed by atoms with Crippen molar-refractivity contribution in [3.05, 3.63) is 11.6 Å². The maximum absolute atomic E-state index is 11.8. The van der Waals surface area contributed by atoms with Crippen LogP contribution in [0.15, 0.2) is 11.6 Å². The Labute approximate surface area is 140 Å². The first-order valence-corrected chi connectivity index (χ1v) is 9.88. The van der Waals surface area contributed by atoms with Crippen LogP contribution in [0.1, 0.15) is 65.2 Å². The number of rotatable bonds is 2. The number of aliphatic hydroxyl groups is 1. The molecule has 0 spiro atoms. The molecular formula is C21H32O2. The van der Waals surface area contributed by atoms with Crippen molar-refractivity contribution in [2.24, 2.45) is 40.9 Å². The highest BCUT2D eigenvalue weighted by Gasteiger charge is 2.57. The summed E-state index contributed by atoms with van der Waals surface area (Å²) in [6.07, 6.45) is 11.5. The number of ketones is 1. The molecule has 2 heteroatoms. The number of hydrogen-bond donors (Lipinski definition) is 1. The molecule has 4 rings (SSSR count). The van der Waals surface area contributed by atoms with Crippen molar-refractivity contribution in [2.45, 2.75) is 65.2 Å². The molecule has 0 unspecified atom stereocenters. The van der Waals surface area contributed by atoms with Gasteiger partial charge < -0.3 is 5.11 Å². The second kappa shape index (κ2) is 5.72. The highest BCUT2D eigenvalue weighted by atomic mass is 16.3. The maximum Gasteiger partial charge on any atom is 0.155 e. The number of carbonyl (C=O) groups is 1. The fourth-order valence-electron chi connectivity index (χ4n) is 7.33. The van der Waals surface area contributed by atoms with Crippen LogP contribution in [0.2, 0.25) is 0 Å². The summed E-state index contributed by atoms with van der Waals surface area (Å²) in [5.74, 6) is 5.06. The second-order valence-electron chi connectivity index (χ2n) is 9.19. The van der Waals surface area contributed by atoms with E-state index in [9.17, 15) is 9.90 Å². The van der Waals surface area contributed by atoms with Crippen LogP contribution in [0.4, 0.5) is 0 Å². The lowest BCUT2D eigenvalue weighted by Crippen LogP contribution is -2.49. The summed E-state index contributed by atoms with van der Waals surface area (Å²) in [5.41, 5.74) is 1.95. The molecule has 0 aromatic heterocycles. The largest absolute Gasteiger partial charge is 0.396 e. The van der Waals surface area contributed by atoms with Gasteiger partial charge in [0.05, 0.1) is 0 Å². The minimum absolute atomic E-state index is 0.355. The molecule has 4 aliphatic carbocycles. The average molecular weight is 316 g/mol. The minimum Gasteiger partial charge on any atom is -0.396 e. The lowest BCUT2D eigenvalue weighted by atomic mass is 9.49. The molecule has 0 heterocycles. The first-order chi connectivity index (χ1) is 11.0. The van der Waals surface area contributed by atoms with Gasteiger partial charge in [-0.05, 0) is 91.9 Å². The standard InChI is InChI=1S/C21H32O2/c1-13-11-14-12-16(23)4-5-17(14)18-7-9-21(2)15(8-10-22)3-6-19(21)20(13)18/h12-13,15,17-20,22H,3-11H2,1-2H3/t13-,15-,17+,18-,19+,20-,21-/m1/s1. The number of hydrogen-bond acceptors (Lipinski definition) is 2. The van der Waals surface area contributed by atoms with E-state index in [0.717, 1.165) is 55.3 Å². The molecule has 0 radical (unpaired) electrons. The van der Waals surface area contributed by atoms with E-state index in [1.165, 1.54) is 31.3 Å². The van der Waals surface area contributed by atoms with Crippen LogP contribution in [-0.4, -0.2) is 17.5 Å². The van der Waals surface area contributed by atoms with E-state index < -0.39 is 0 Å². The Morgan fingerprint density at radius 2 is 2.09 bits per heavy atom. The predicted molar refractivity (Wildman–Crippen MR) is 91.8 cm³/mol. The quantitative estimate of drug-likeness (QED) is 0.821. The zero-order valence-electron chi connectivity index (χ0n) is 14.8. The van der Waals surface area contributed by atoms with Gasteiger partial charge in [-0.25, -0.2) is 0 Å². The molecule has 3 saturated carbocycles. The van der Waals surface area contributed by atoms with E-state index in [1.54, 1.807) is 0 Å². The molecule has 0 aromatic carbocycles. The van der Waals surface area contributed by atoms with Crippen LogP contribution in [0.25, 0.3) is 0 Å². The van der Waals surface area contributed by atoms with Crippen LogP contribution in [0, 0.1) is 40.9 Å². The van der Waals surface area contributed by atoms with Crippen LogP contribution in [0.5, 0.6) is 0 Å². The topological polar surface area (TPSA) is 37.3 Å². The number of carbonyl (C=O) groups excluding carboxylic acids is 1. The third-order valence-corrected chi connectivity index (χ3v) is 8.31. The number of aliphatic hydroxyl groups excluding tert-OH is 1. The molecule has 0 aromatic rings. The molecule has 4 aliphatic rings. The highest BCUT2D eigenvalue weighted by molar-refractivity contribution is 5.91. The molecule has 7 atom stereocenters. The number of allylic oxidation sites excluding steroid dienone is 1. The molecule has 3 fully saturated rings. The molecule has 2 nitrogen and oxygen atoms in total. The summed E-state index contributed by atoms with van der Waals surface area (Å²) in [7, 11) is 0. The van der Waals surface area contributed by atoms with E-state index >= 15 is 0 Å². The zero-order valence-corrected chi connectivity index (χ0v) is 14.8. The molecule has 23 heavy (non-hydrogen) atoms. The van der Waals surface area contributed by atoms with Crippen molar-refractivity contribution in [1.29, 1.82) is 0 Å². The molecular weight excluding hydrogens is 284 g/mol. The normalized spacial score (nSPS) is 49.2. The summed E-state index contributed by atoms with van der Waals surface area (Å²) in [4.78, 5) is 11.8. The van der Waals surface area contributed by atoms with Gasteiger partial charge in [0.25, 0.3) is 0 Å². The molecule has 0 aliphatic heterocycles. The summed E-state index contributed by atoms with van der Waals surface area (Å²) >= 11 is 0. The van der Waals surface area contributed by atoms with Crippen LogP contribution < -0.4 is 0 Å². The molecule has 0 saturated heterocycles. The molecule has 128 valence electrons. The Hall–Kier alpha value is -0.630. The first-order valence-electron chi connectivity index (χ1n) is 9.88. The van der Waals surface area contributed by atoms with Gasteiger partial charge in [0.1, 0.15) is 0 Å². The SMILES string of the molecule is C[C@@H]1CC2=CC(=O)CC[C@@H]2[C@H]2CC[C@]3(C)[C@@H](CCO)CC[C@H]3[C@@H]21. The Morgan fingerprint density at radius 3 is 2.87 bits per heavy atom. The zero-order chi connectivity index (χ0) is 16.2. The van der Waals surface area contributed by atoms with Crippen molar-refractivity contribution in [1.82, 2.24) is 0 Å². The summed E-state index contributed by atoms with van der Waals surface area (Å²) in [5, 5.41) is 9.46. The van der Waals surface area contributed by atoms with Gasteiger partial charge in [-0.1, -0.05) is 19.4 Å². The third kappa shape index (κ3) is 2.35. The molecule has 0 amide bonds. The average Bonchev–Trinajstić information content (AvgIpc) is 2.84. The van der Waals surface area contributed by atoms with E-state index in [1.807, 2.05) is 6.08 Å². The van der Waals surface area contributed by atoms with Gasteiger partial charge in [0.15, 0.2) is 5.78 Å². The van der Waals surface area contributed by atoms with E-state index in [0.29, 0.717) is 23.7 Å². The van der Waals surface area contributed by atoms with E-state index in [-0.39, 0.29) is 0 Å². The van der Waals surface area contributed by atoms with Crippen LogP contribution in [0.3, 0.4) is 0 Å². The van der Waals surface area contributed by atoms with Crippen molar-refractivity contribution in [2.75, 3.05) is 6.61 Å². The van der Waals surface area contributed by atoms with Gasteiger partial charge in [-0.2, -0.15) is 0 Å². The summed E-state index contributed by atoms with van der Waals surface area (Å²) < 4.78 is 0. The van der Waals surface area contributed by atoms with Crippen molar-refractivity contribution in [3.63, 3.8) is 0 Å². The van der Waals surface area contributed by atoms with Crippen molar-refractivity contribution in [3.8, 4) is 0 Å². The maximum atomic E-state index is 11.8. The van der Waals surface area contributed by atoms with Gasteiger partial charge in [-0.15, -0.1) is 0 Å². The van der Waals surface area contributed by atoms with Crippen LogP contribution in [-0.2, 0) is 4.79 Å². The Kier molecular flexibility index (Phi) is 3.95. The Morgan fingerprint density at radius 1 is 1.26 bits per heavy atom. The van der Waals surface area contributed by atoms with E-state index in [2.05, 4.69) is 13.8 Å². The lowest BCUT2D eigenvalue weighted by molar-refractivity contribution is -0.116. The van der Waals surface area contributed by atoms with Gasteiger partial charge >= 0.3 is 0 Å². The smallest absolute Gasteiger partial charge is 0.155 e. The fraction of sp³-hybridized carbons (Fsp3) is 0.857. The van der Waals surface area contributed by atoms with Gasteiger partial charge in [0, 0.05) is 13.0 Å². The fourth-order valence-corrected chi connectivity index (χ4v) is 7.33. The Balaban J connectivity index is 1.63. The molecule has 1 N–H and O–H groups in total. The lowest BCUT2D eigenvalue weighted by Gasteiger charge is -2.56. The van der Waals surface area contributed by atoms with Gasteiger partial charge in [0.2, 0.25) is 0 Å². The van der Waals surface area contributed by atoms with Crippen LogP contribution >= 0.6 is 0 Å². The second-order valence-corrected chi connectivity index (χ2v) is 9.19. The summed E-state index contributed by atoms with van der Waals surface area (Å²) in [6, 6.07) is 0. The number of fused-ring (bicyclic) bond motifs is 5. The van der Waals surface area contributed by atoms with Gasteiger partial charge in [-0.3, -0.25) is 4.79 Å². The van der Waals surface area contributed by atoms with Crippen molar-refractivity contribution >= 4 is 5.78 Å². The van der Waals surface area contributed by atoms with Crippen molar-refractivity contribution < 1.29 is 9.90 Å². The Bertz CT molecular complexity index is 522. The molecule has 0 bridgehead atoms. The van der Waals surface area contributed by atoms with E-state index in [4.69, 9.17) is 0 Å². The predicted octanol–water partition coefficient (Wildman–Crippen LogP) is 4.37.